The number of nitrogen functional groups attached to an aromatic ring is 1. The highest BCUT2D eigenvalue weighted by Gasteiger charge is 2.36. The number of fused-ring (bicyclic) bond motifs is 1. The lowest BCUT2D eigenvalue weighted by Crippen LogP contribution is -2.42. The number of hydrogen-bond donors (Lipinski definition) is 2. The summed E-state index contributed by atoms with van der Waals surface area (Å²) in [5.41, 5.74) is 10.2. The number of nitrogens with zero attached hydrogens (tertiary/aromatic N) is 3. The number of aromatic nitrogens is 2. The van der Waals surface area contributed by atoms with Gasteiger partial charge in [-0.2, -0.15) is 0 Å². The van der Waals surface area contributed by atoms with Crippen LogP contribution in [0.15, 0.2) is 65.4 Å². The van der Waals surface area contributed by atoms with Crippen molar-refractivity contribution >= 4 is 34.7 Å². The maximum absolute atomic E-state index is 13.5. The molecule has 2 aliphatic rings. The quantitative estimate of drug-likeness (QED) is 0.288. The minimum Gasteiger partial charge on any atom is -0.459 e. The van der Waals surface area contributed by atoms with Gasteiger partial charge in [-0.05, 0) is 78.4 Å². The molecule has 3 aromatic heterocycles. The number of furan rings is 1. The van der Waals surface area contributed by atoms with Crippen molar-refractivity contribution in [1.82, 2.24) is 20.2 Å². The van der Waals surface area contributed by atoms with E-state index in [2.05, 4.69) is 21.4 Å². The van der Waals surface area contributed by atoms with Crippen LogP contribution >= 0.6 is 0 Å². The number of piperidine rings is 1. The molecule has 1 aromatic carbocycles. The van der Waals surface area contributed by atoms with Crippen molar-refractivity contribution in [3.05, 3.63) is 83.4 Å². The number of benzene rings is 1. The Morgan fingerprint density at radius 3 is 2.56 bits per heavy atom. The molecule has 0 unspecified atom stereocenters. The molecule has 8 nitrogen and oxygen atoms in total. The largest absolute Gasteiger partial charge is 0.459 e. The topological polar surface area (TPSA) is 114 Å². The number of nitrogens with two attached hydrogens (primary N) is 1. The Morgan fingerprint density at radius 2 is 1.88 bits per heavy atom. The van der Waals surface area contributed by atoms with Crippen LogP contribution in [0.1, 0.15) is 58.8 Å². The maximum atomic E-state index is 13.5. The van der Waals surface area contributed by atoms with Crippen LogP contribution in [0.25, 0.3) is 28.3 Å². The van der Waals surface area contributed by atoms with Crippen LogP contribution in [-0.2, 0) is 11.3 Å². The third-order valence-corrected chi connectivity index (χ3v) is 7.47. The Labute approximate surface area is 235 Å². The second kappa shape index (κ2) is 10.8. The number of pyridine rings is 2. The molecule has 2 fully saturated rings. The van der Waals surface area contributed by atoms with Gasteiger partial charge in [0.1, 0.15) is 17.2 Å². The molecular weight excluding hydrogens is 528 g/mol. The molecule has 3 N–H and O–H groups in total. The van der Waals surface area contributed by atoms with Gasteiger partial charge in [0, 0.05) is 55.4 Å². The molecule has 41 heavy (non-hydrogen) atoms. The van der Waals surface area contributed by atoms with Gasteiger partial charge in [-0.15, -0.1) is 0 Å². The number of halogens is 2. The van der Waals surface area contributed by atoms with Crippen LogP contribution in [0.5, 0.6) is 0 Å². The van der Waals surface area contributed by atoms with Crippen molar-refractivity contribution in [1.29, 1.82) is 0 Å². The first-order valence-corrected chi connectivity index (χ1v) is 13.6. The lowest BCUT2D eigenvalue weighted by molar-refractivity contribution is -0.116. The Hall–Kier alpha value is -4.60. The number of rotatable bonds is 7. The smallest absolute Gasteiger partial charge is 0.255 e. The Morgan fingerprint density at radius 1 is 1.07 bits per heavy atom. The normalized spacial score (nSPS) is 16.8. The number of alkyl halides is 2. The van der Waals surface area contributed by atoms with E-state index < -0.39 is 5.92 Å². The zero-order valence-electron chi connectivity index (χ0n) is 22.3. The number of carbonyl (C=O) groups is 2. The second-order valence-corrected chi connectivity index (χ2v) is 10.6. The molecule has 4 aromatic rings. The fourth-order valence-electron chi connectivity index (χ4n) is 5.00. The molecule has 1 aliphatic carbocycles. The summed E-state index contributed by atoms with van der Waals surface area (Å²) < 4.78 is 33.1. The van der Waals surface area contributed by atoms with Crippen molar-refractivity contribution in [2.45, 2.75) is 44.1 Å². The molecule has 10 heteroatoms. The van der Waals surface area contributed by atoms with Gasteiger partial charge < -0.3 is 20.4 Å². The van der Waals surface area contributed by atoms with Crippen LogP contribution in [0.4, 0.5) is 14.6 Å². The summed E-state index contributed by atoms with van der Waals surface area (Å²) >= 11 is 0. The molecule has 1 aliphatic heterocycles. The number of amides is 2. The Bertz CT molecular complexity index is 1620. The van der Waals surface area contributed by atoms with Crippen LogP contribution in [0.2, 0.25) is 0 Å². The van der Waals surface area contributed by atoms with Gasteiger partial charge in [-0.1, -0.05) is 0 Å². The summed E-state index contributed by atoms with van der Waals surface area (Å²) in [4.78, 5) is 35.2. The molecule has 0 atom stereocenters. The number of nitrogens with one attached hydrogen (secondary N) is 1. The van der Waals surface area contributed by atoms with E-state index in [0.29, 0.717) is 28.8 Å². The van der Waals surface area contributed by atoms with E-state index in [1.165, 1.54) is 17.2 Å². The summed E-state index contributed by atoms with van der Waals surface area (Å²) in [5, 5.41) is 3.76. The van der Waals surface area contributed by atoms with Gasteiger partial charge in [0.25, 0.3) is 11.8 Å². The van der Waals surface area contributed by atoms with Gasteiger partial charge in [0.15, 0.2) is 0 Å². The SMILES string of the molecule is Nc1ccc(/C=C/C(=O)NCc2cc3cc(-c4ccc(C(=O)N5CCC(F)(F)CC5)cn4)cc(C4CC4)c3o2)cn1. The first kappa shape index (κ1) is 26.6. The van der Waals surface area contributed by atoms with Crippen LogP contribution < -0.4 is 11.1 Å². The third kappa shape index (κ3) is 6.11. The van der Waals surface area contributed by atoms with Crippen LogP contribution in [-0.4, -0.2) is 45.7 Å². The van der Waals surface area contributed by atoms with Crippen LogP contribution in [0, 0.1) is 0 Å². The highest BCUT2D eigenvalue weighted by atomic mass is 19.3. The van der Waals surface area contributed by atoms with Gasteiger partial charge in [-0.3, -0.25) is 14.6 Å². The summed E-state index contributed by atoms with van der Waals surface area (Å²) in [7, 11) is 0. The summed E-state index contributed by atoms with van der Waals surface area (Å²) in [5.74, 6) is -1.80. The average Bonchev–Trinajstić information content (AvgIpc) is 3.73. The van der Waals surface area contributed by atoms with E-state index in [1.54, 1.807) is 36.5 Å². The van der Waals surface area contributed by atoms with Crippen molar-refractivity contribution in [3.8, 4) is 11.3 Å². The lowest BCUT2D eigenvalue weighted by Gasteiger charge is -2.31. The molecule has 6 rings (SSSR count). The standard InChI is InChI=1S/C31H29F2N5O3/c32-31(33)9-11-38(12-10-31)30(40)21-5-6-26(35-17-21)22-13-23-14-24(41-29(23)25(15-22)20-3-4-20)18-37-28(39)8-2-19-1-7-27(34)36-16-19/h1-2,5-8,13-17,20H,3-4,9-12,18H2,(H2,34,36)(H,37,39)/b8-2+. The van der Waals surface area contributed by atoms with Crippen molar-refractivity contribution < 1.29 is 22.8 Å². The molecule has 1 saturated heterocycles. The number of hydrogen-bond acceptors (Lipinski definition) is 6. The average molecular weight is 558 g/mol. The first-order chi connectivity index (χ1) is 19.7. The number of anilines is 1. The highest BCUT2D eigenvalue weighted by Crippen LogP contribution is 2.45. The number of carbonyl (C=O) groups excluding carboxylic acids is 2. The first-order valence-electron chi connectivity index (χ1n) is 13.6. The zero-order chi connectivity index (χ0) is 28.6. The van der Waals surface area contributed by atoms with E-state index in [0.717, 1.165) is 40.5 Å². The maximum Gasteiger partial charge on any atom is 0.255 e. The molecule has 0 radical (unpaired) electrons. The van der Waals surface area contributed by atoms with Gasteiger partial charge >= 0.3 is 0 Å². The Balaban J connectivity index is 1.16. The fraction of sp³-hybridized carbons (Fsp3) is 0.290. The summed E-state index contributed by atoms with van der Waals surface area (Å²) in [6, 6.07) is 12.9. The van der Waals surface area contributed by atoms with Gasteiger partial charge in [-0.25, -0.2) is 13.8 Å². The van der Waals surface area contributed by atoms with Gasteiger partial charge in [0.2, 0.25) is 5.91 Å². The summed E-state index contributed by atoms with van der Waals surface area (Å²) in [6.45, 7) is 0.304. The monoisotopic (exact) mass is 557 g/mol. The molecule has 2 amide bonds. The van der Waals surface area contributed by atoms with E-state index in [-0.39, 0.29) is 44.3 Å². The third-order valence-electron chi connectivity index (χ3n) is 7.47. The van der Waals surface area contributed by atoms with E-state index in [1.807, 2.05) is 12.1 Å². The van der Waals surface area contributed by atoms with Crippen molar-refractivity contribution in [2.75, 3.05) is 18.8 Å². The van der Waals surface area contributed by atoms with Crippen LogP contribution in [0.3, 0.4) is 0 Å². The van der Waals surface area contributed by atoms with E-state index in [4.69, 9.17) is 10.2 Å². The lowest BCUT2D eigenvalue weighted by atomic mass is 10.0. The fourth-order valence-corrected chi connectivity index (χ4v) is 5.00. The second-order valence-electron chi connectivity index (χ2n) is 10.6. The van der Waals surface area contributed by atoms with E-state index >= 15 is 0 Å². The molecule has 4 heterocycles. The van der Waals surface area contributed by atoms with Crippen molar-refractivity contribution in [2.24, 2.45) is 0 Å². The number of likely N-dealkylation sites (tertiary alicyclic amines) is 1. The summed E-state index contributed by atoms with van der Waals surface area (Å²) in [6.07, 6.45) is 7.71. The minimum atomic E-state index is -2.71. The van der Waals surface area contributed by atoms with Gasteiger partial charge in [0.05, 0.1) is 17.8 Å². The predicted octanol–water partition coefficient (Wildman–Crippen LogP) is 5.55. The zero-order valence-corrected chi connectivity index (χ0v) is 22.3. The molecule has 0 bridgehead atoms. The molecule has 1 saturated carbocycles. The molecular formula is C31H29F2N5O3. The molecule has 0 spiro atoms. The Kier molecular flexibility index (Phi) is 6.98. The highest BCUT2D eigenvalue weighted by molar-refractivity contribution is 5.95. The van der Waals surface area contributed by atoms with E-state index in [9.17, 15) is 18.4 Å². The minimum absolute atomic E-state index is 0.0363. The van der Waals surface area contributed by atoms with Crippen molar-refractivity contribution in [3.63, 3.8) is 0 Å². The predicted molar refractivity (Wildman–Crippen MR) is 151 cm³/mol. The molecule has 210 valence electrons.